The Bertz CT molecular complexity index is 495. The van der Waals surface area contributed by atoms with Crippen molar-refractivity contribution in [2.45, 2.75) is 19.8 Å². The van der Waals surface area contributed by atoms with Crippen LogP contribution in [0, 0.1) is 56.3 Å². The van der Waals surface area contributed by atoms with Gasteiger partial charge in [0.25, 0.3) is 12.9 Å². The van der Waals surface area contributed by atoms with Gasteiger partial charge < -0.3 is 5.11 Å². The second-order valence-corrected chi connectivity index (χ2v) is 4.12. The molecule has 21 heavy (non-hydrogen) atoms. The molecule has 9 heteroatoms. The summed E-state index contributed by atoms with van der Waals surface area (Å²) in [4.78, 5) is 9.94. The standard InChI is InChI=1S/C7H7OP.C5H4F4O2.Eu/c1-6-4-2-3-5-7(6)9-8;6-4(7)2(10)1-3(11)5(8)9;/h2-5H,1H3;1,4-5,10H;/b;2-1-;. The van der Waals surface area contributed by atoms with Crippen LogP contribution < -0.4 is 5.30 Å². The van der Waals surface area contributed by atoms with Crippen LogP contribution in [-0.4, -0.2) is 23.7 Å². The first-order valence-corrected chi connectivity index (χ1v) is 6.00. The van der Waals surface area contributed by atoms with Crippen molar-refractivity contribution in [3.8, 4) is 0 Å². The van der Waals surface area contributed by atoms with Gasteiger partial charge in [-0.25, -0.2) is 17.6 Å². The molecular formula is C12H11EuF4O3P. The van der Waals surface area contributed by atoms with E-state index in [1.165, 1.54) is 0 Å². The number of hydrogen-bond donors (Lipinski definition) is 1. The van der Waals surface area contributed by atoms with E-state index in [0.717, 1.165) is 10.9 Å². The van der Waals surface area contributed by atoms with Crippen LogP contribution in [0.3, 0.4) is 0 Å². The van der Waals surface area contributed by atoms with E-state index < -0.39 is 24.4 Å². The third-order valence-electron chi connectivity index (χ3n) is 1.94. The number of aryl methyl sites for hydroxylation is 1. The predicted octanol–water partition coefficient (Wildman–Crippen LogP) is 3.44. The van der Waals surface area contributed by atoms with Crippen LogP contribution in [0.15, 0.2) is 36.1 Å². The number of allylic oxidation sites excluding steroid dienone is 2. The summed E-state index contributed by atoms with van der Waals surface area (Å²) >= 11 is 0. The second-order valence-electron chi connectivity index (χ2n) is 3.45. The van der Waals surface area contributed by atoms with Gasteiger partial charge in [0.2, 0.25) is 5.78 Å². The Morgan fingerprint density at radius 2 is 1.71 bits per heavy atom. The molecule has 1 aromatic rings. The molecule has 0 spiro atoms. The van der Waals surface area contributed by atoms with Crippen molar-refractivity contribution in [3.05, 3.63) is 41.7 Å². The van der Waals surface area contributed by atoms with Gasteiger partial charge >= 0.3 is 0 Å². The third kappa shape index (κ3) is 10.2. The SMILES string of the molecule is Cc1ccccc1P=O.O=C(/C=C(\O)C(F)F)C(F)F.[Eu]. The Labute approximate surface area is 161 Å². The zero-order valence-electron chi connectivity index (χ0n) is 10.6. The summed E-state index contributed by atoms with van der Waals surface area (Å²) in [6.07, 6.45) is -6.84. The van der Waals surface area contributed by atoms with E-state index in [4.69, 9.17) is 5.11 Å². The van der Waals surface area contributed by atoms with E-state index in [9.17, 15) is 26.9 Å². The van der Waals surface area contributed by atoms with E-state index in [1.54, 1.807) is 0 Å². The smallest absolute Gasteiger partial charge is 0.300 e. The molecule has 0 saturated heterocycles. The molecule has 1 radical (unpaired) electrons. The van der Waals surface area contributed by atoms with Crippen molar-refractivity contribution in [1.82, 2.24) is 0 Å². The average molecular weight is 462 g/mol. The van der Waals surface area contributed by atoms with Gasteiger partial charge in [-0.3, -0.25) is 9.36 Å². The maximum atomic E-state index is 11.3. The zero-order valence-corrected chi connectivity index (χ0v) is 14.0. The number of halogens is 4. The van der Waals surface area contributed by atoms with E-state index in [0.29, 0.717) is 0 Å². The number of alkyl halides is 4. The molecule has 0 fully saturated rings. The topological polar surface area (TPSA) is 54.4 Å². The molecule has 3 nitrogen and oxygen atoms in total. The number of hydrogen-bond acceptors (Lipinski definition) is 3. The summed E-state index contributed by atoms with van der Waals surface area (Å²) in [5.41, 5.74) is 1.08. The van der Waals surface area contributed by atoms with E-state index in [-0.39, 0.29) is 63.9 Å². The number of rotatable bonds is 4. The van der Waals surface area contributed by atoms with Crippen molar-refractivity contribution < 1.29 is 81.4 Å². The maximum Gasteiger partial charge on any atom is 0.300 e. The first-order chi connectivity index (χ1) is 9.29. The third-order valence-corrected chi connectivity index (χ3v) is 2.64. The molecule has 0 atom stereocenters. The summed E-state index contributed by atoms with van der Waals surface area (Å²) < 4.78 is 55.6. The fourth-order valence-corrected chi connectivity index (χ4v) is 1.30. The Morgan fingerprint density at radius 1 is 1.19 bits per heavy atom. The van der Waals surface area contributed by atoms with Crippen LogP contribution in [0.25, 0.3) is 0 Å². The van der Waals surface area contributed by atoms with E-state index in [2.05, 4.69) is 0 Å². The Kier molecular flexibility index (Phi) is 13.6. The molecule has 0 unspecified atom stereocenters. The molecule has 0 aliphatic rings. The maximum absolute atomic E-state index is 11.3. The van der Waals surface area contributed by atoms with Gasteiger partial charge in [-0.2, -0.15) is 0 Å². The number of aliphatic hydroxyl groups excluding tert-OH is 1. The Hall–Kier alpha value is -0.166. The molecule has 117 valence electrons. The summed E-state index contributed by atoms with van der Waals surface area (Å²) in [7, 11) is 0.112. The van der Waals surface area contributed by atoms with E-state index in [1.807, 2.05) is 31.2 Å². The molecule has 0 aliphatic carbocycles. The number of benzene rings is 1. The summed E-state index contributed by atoms with van der Waals surface area (Å²) in [5.74, 6) is -3.47. The van der Waals surface area contributed by atoms with Gasteiger partial charge in [0.15, 0.2) is 14.2 Å². The molecule has 1 aromatic carbocycles. The van der Waals surface area contributed by atoms with Crippen LogP contribution in [0.1, 0.15) is 5.56 Å². The molecule has 0 bridgehead atoms. The van der Waals surface area contributed by atoms with Crippen LogP contribution in [0.5, 0.6) is 0 Å². The predicted molar refractivity (Wildman–Crippen MR) is 66.1 cm³/mol. The summed E-state index contributed by atoms with van der Waals surface area (Å²) in [6, 6.07) is 7.61. The van der Waals surface area contributed by atoms with E-state index >= 15 is 0 Å². The van der Waals surface area contributed by atoms with Crippen molar-refractivity contribution in [2.75, 3.05) is 0 Å². The first kappa shape index (κ1) is 23.1. The van der Waals surface area contributed by atoms with Gasteiger partial charge in [-0.15, -0.1) is 0 Å². The second kappa shape index (κ2) is 12.4. The van der Waals surface area contributed by atoms with Crippen LogP contribution in [-0.2, 0) is 9.36 Å². The van der Waals surface area contributed by atoms with Gasteiger partial charge in [0.05, 0.1) is 0 Å². The molecule has 0 amide bonds. The monoisotopic (exact) mass is 463 g/mol. The molecule has 0 aromatic heterocycles. The molecular weight excluding hydrogens is 451 g/mol. The van der Waals surface area contributed by atoms with Gasteiger partial charge in [-0.05, 0) is 18.6 Å². The minimum atomic E-state index is -3.36. The van der Waals surface area contributed by atoms with Crippen LogP contribution in [0.4, 0.5) is 17.6 Å². The fraction of sp³-hybridized carbons (Fsp3) is 0.250. The molecule has 0 heterocycles. The molecule has 1 rings (SSSR count). The number of carbonyl (C=O) groups is 1. The van der Waals surface area contributed by atoms with Crippen LogP contribution >= 0.6 is 8.46 Å². The number of aliphatic hydroxyl groups is 1. The molecule has 0 saturated carbocycles. The van der Waals surface area contributed by atoms with Gasteiger partial charge in [-0.1, -0.05) is 18.2 Å². The van der Waals surface area contributed by atoms with Crippen molar-refractivity contribution in [3.63, 3.8) is 0 Å². The summed E-state index contributed by atoms with van der Waals surface area (Å²) in [6.45, 7) is 1.94. The number of ketones is 1. The Morgan fingerprint density at radius 3 is 2.05 bits per heavy atom. The first-order valence-electron chi connectivity index (χ1n) is 5.19. The van der Waals surface area contributed by atoms with Crippen molar-refractivity contribution in [2.24, 2.45) is 0 Å². The molecule has 0 aliphatic heterocycles. The zero-order chi connectivity index (χ0) is 15.7. The van der Waals surface area contributed by atoms with Crippen molar-refractivity contribution >= 4 is 19.5 Å². The normalized spacial score (nSPS) is 10.9. The number of carbonyl (C=O) groups excluding carboxylic acids is 1. The fourth-order valence-electron chi connectivity index (χ4n) is 0.938. The quantitative estimate of drug-likeness (QED) is 0.323. The Balaban J connectivity index is 0. The minimum absolute atomic E-state index is 0. The molecule has 1 N–H and O–H groups in total. The van der Waals surface area contributed by atoms with Gasteiger partial charge in [0, 0.05) is 60.8 Å². The minimum Gasteiger partial charge on any atom is -0.506 e. The van der Waals surface area contributed by atoms with Gasteiger partial charge in [0.1, 0.15) is 0 Å². The largest absolute Gasteiger partial charge is 0.506 e. The summed E-state index contributed by atoms with van der Waals surface area (Å²) in [5, 5.41) is 8.98. The average Bonchev–Trinajstić information content (AvgIpc) is 2.39. The van der Waals surface area contributed by atoms with Crippen LogP contribution in [0.2, 0.25) is 0 Å². The van der Waals surface area contributed by atoms with Crippen molar-refractivity contribution in [1.29, 1.82) is 0 Å².